The van der Waals surface area contributed by atoms with E-state index in [-0.39, 0.29) is 22.1 Å². The minimum atomic E-state index is -1.72. The molecule has 5 rings (SSSR count). The number of carbonyl (C=O) groups excluding carboxylic acids is 1. The van der Waals surface area contributed by atoms with E-state index >= 15 is 0 Å². The molecule has 0 saturated heterocycles. The van der Waals surface area contributed by atoms with Crippen molar-refractivity contribution < 1.29 is 35.0 Å². The summed E-state index contributed by atoms with van der Waals surface area (Å²) in [6, 6.07) is 3.41. The van der Waals surface area contributed by atoms with Crippen LogP contribution in [0.1, 0.15) is 76.9 Å². The van der Waals surface area contributed by atoms with Crippen molar-refractivity contribution in [3.8, 4) is 12.3 Å². The van der Waals surface area contributed by atoms with E-state index in [4.69, 9.17) is 16.5 Å². The molecular formula is C32H40N3O8-. The number of carbonyl (C=O) groups is 2. The first-order chi connectivity index (χ1) is 20.3. The molecule has 8 atom stereocenters. The molecule has 4 aliphatic carbocycles. The van der Waals surface area contributed by atoms with Gasteiger partial charge in [-0.15, -0.1) is 6.42 Å². The van der Waals surface area contributed by atoms with Crippen LogP contribution in [0.4, 0.5) is 5.69 Å². The molecule has 11 heteroatoms. The number of amides is 1. The third kappa shape index (κ3) is 5.42. The van der Waals surface area contributed by atoms with Crippen molar-refractivity contribution in [3.63, 3.8) is 0 Å². The van der Waals surface area contributed by atoms with E-state index in [9.17, 15) is 30.1 Å². The van der Waals surface area contributed by atoms with Gasteiger partial charge in [-0.3, -0.25) is 10.0 Å². The highest BCUT2D eigenvalue weighted by molar-refractivity contribution is 5.96. The Hall–Kier alpha value is -3.43. The lowest BCUT2D eigenvalue weighted by Crippen LogP contribution is -2.54. The highest BCUT2D eigenvalue weighted by Crippen LogP contribution is 2.67. The van der Waals surface area contributed by atoms with Crippen molar-refractivity contribution in [2.24, 2.45) is 33.7 Å². The van der Waals surface area contributed by atoms with Crippen LogP contribution in [-0.4, -0.2) is 56.4 Å². The van der Waals surface area contributed by atoms with Crippen molar-refractivity contribution in [2.75, 3.05) is 11.8 Å². The lowest BCUT2D eigenvalue weighted by Gasteiger charge is -2.58. The summed E-state index contributed by atoms with van der Waals surface area (Å²) in [5, 5.41) is 57.6. The van der Waals surface area contributed by atoms with Gasteiger partial charge < -0.3 is 35.9 Å². The molecule has 11 nitrogen and oxygen atoms in total. The van der Waals surface area contributed by atoms with Crippen LogP contribution in [0.2, 0.25) is 0 Å². The highest BCUT2D eigenvalue weighted by atomic mass is 16.8. The maximum absolute atomic E-state index is 12.5. The van der Waals surface area contributed by atoms with Crippen molar-refractivity contribution in [1.29, 1.82) is 0 Å². The molecule has 3 saturated carbocycles. The van der Waals surface area contributed by atoms with Crippen LogP contribution in [0.3, 0.4) is 0 Å². The number of fused-ring (bicyclic) bond motifs is 5. The third-order valence-corrected chi connectivity index (χ3v) is 11.1. The van der Waals surface area contributed by atoms with Crippen LogP contribution in [0.15, 0.2) is 41.1 Å². The van der Waals surface area contributed by atoms with Gasteiger partial charge in [-0.2, -0.15) is 0 Å². The normalized spacial score (nSPS) is 35.3. The molecule has 4 aliphatic rings. The van der Waals surface area contributed by atoms with E-state index in [0.29, 0.717) is 30.6 Å². The maximum atomic E-state index is 12.5. The fraction of sp³-hybridized carbons (Fsp3) is 0.594. The van der Waals surface area contributed by atoms with E-state index in [1.165, 1.54) is 23.8 Å². The molecule has 1 aromatic carbocycles. The number of aliphatic carboxylic acids is 1. The summed E-state index contributed by atoms with van der Waals surface area (Å²) in [7, 11) is 0. The fourth-order valence-corrected chi connectivity index (χ4v) is 8.58. The summed E-state index contributed by atoms with van der Waals surface area (Å²) in [6.07, 6.45) is 13.3. The second kappa shape index (κ2) is 11.6. The summed E-state index contributed by atoms with van der Waals surface area (Å²) < 4.78 is 0. The average molecular weight is 595 g/mol. The number of hydrogen-bond acceptors (Lipinski definition) is 9. The monoisotopic (exact) mass is 594 g/mol. The number of rotatable bonds is 8. The Bertz CT molecular complexity index is 1370. The van der Waals surface area contributed by atoms with Crippen LogP contribution >= 0.6 is 0 Å². The van der Waals surface area contributed by atoms with E-state index < -0.39 is 41.5 Å². The number of nitrogens with one attached hydrogen (secondary N) is 1. The second-order valence-electron chi connectivity index (χ2n) is 13.1. The van der Waals surface area contributed by atoms with Crippen LogP contribution in [0.25, 0.3) is 0 Å². The Morgan fingerprint density at radius 3 is 2.65 bits per heavy atom. The van der Waals surface area contributed by atoms with Gasteiger partial charge in [0.05, 0.1) is 11.4 Å². The number of hydrogen-bond donors (Lipinski definition) is 5. The molecule has 43 heavy (non-hydrogen) atoms. The second-order valence-corrected chi connectivity index (χ2v) is 13.1. The molecule has 0 unspecified atom stereocenters. The topological polar surface area (TPSA) is 175 Å². The molecule has 0 aromatic heterocycles. The fourth-order valence-electron chi connectivity index (χ4n) is 8.58. The van der Waals surface area contributed by atoms with Crippen molar-refractivity contribution in [3.05, 3.63) is 46.7 Å². The summed E-state index contributed by atoms with van der Waals surface area (Å²) in [5.74, 6) is 1.89. The highest BCUT2D eigenvalue weighted by Gasteiger charge is 2.63. The van der Waals surface area contributed by atoms with Crippen LogP contribution < -0.4 is 10.5 Å². The number of benzene rings is 1. The van der Waals surface area contributed by atoms with Gasteiger partial charge in [0.15, 0.2) is 12.6 Å². The Labute approximate surface area is 251 Å². The molecule has 0 spiro atoms. The molecule has 0 bridgehead atoms. The summed E-state index contributed by atoms with van der Waals surface area (Å²) in [6.45, 7) is 3.98. The number of nitrogens with zero attached hydrogens (tertiary/aromatic N) is 2. The smallest absolute Gasteiger partial charge is 0.329 e. The predicted octanol–water partition coefficient (Wildman–Crippen LogP) is 3.68. The summed E-state index contributed by atoms with van der Waals surface area (Å²) in [4.78, 5) is 29.6. The summed E-state index contributed by atoms with van der Waals surface area (Å²) >= 11 is 0. The summed E-state index contributed by atoms with van der Waals surface area (Å²) in [5.41, 5.74) is 0.634. The van der Waals surface area contributed by atoms with E-state index in [1.54, 1.807) is 0 Å². The molecule has 5 N–H and O–H groups in total. The molecule has 0 radical (unpaired) electrons. The molecule has 3 fully saturated rings. The number of anilines is 1. The van der Waals surface area contributed by atoms with Crippen molar-refractivity contribution in [1.82, 2.24) is 5.32 Å². The zero-order chi connectivity index (χ0) is 31.2. The molecule has 0 heterocycles. The largest absolute Gasteiger partial charge is 0.733 e. The number of terminal acetylenes is 1. The minimum Gasteiger partial charge on any atom is -0.733 e. The molecular weight excluding hydrogens is 554 g/mol. The number of allylic oxidation sites excluding steroid dienone is 2. The molecule has 1 aromatic rings. The van der Waals surface area contributed by atoms with Crippen molar-refractivity contribution >= 4 is 23.3 Å². The first-order valence-electron chi connectivity index (χ1n) is 14.9. The Morgan fingerprint density at radius 2 is 1.95 bits per heavy atom. The van der Waals surface area contributed by atoms with Gasteiger partial charge >= 0.3 is 5.97 Å². The van der Waals surface area contributed by atoms with Crippen LogP contribution in [0, 0.1) is 46.1 Å². The zero-order valence-electron chi connectivity index (χ0n) is 24.5. The van der Waals surface area contributed by atoms with Crippen LogP contribution in [-0.2, 0) is 14.4 Å². The molecule has 232 valence electrons. The number of aliphatic hydroxyl groups excluding tert-OH is 1. The van der Waals surface area contributed by atoms with Crippen LogP contribution in [0.5, 0.6) is 0 Å². The Balaban J connectivity index is 1.20. The zero-order valence-corrected chi connectivity index (χ0v) is 24.5. The molecule has 0 aliphatic heterocycles. The lowest BCUT2D eigenvalue weighted by molar-refractivity contribution is -0.146. The van der Waals surface area contributed by atoms with Gasteiger partial charge in [0.25, 0.3) is 5.91 Å². The number of oxime groups is 1. The first kappa shape index (κ1) is 31.0. The SMILES string of the molecule is C#C[C@]1(O)CC[C@@H]2[C@H]3CCC4=CC(=NOCC(=O)N[C@@H](C(=O)O)[C@@H](O)c5cccc(N([O-])O)c5)CC[C@]4(C)[C@H]3CC[C@]21C. The quantitative estimate of drug-likeness (QED) is 0.222. The maximum Gasteiger partial charge on any atom is 0.329 e. The van der Waals surface area contributed by atoms with E-state index in [2.05, 4.69) is 36.3 Å². The lowest BCUT2D eigenvalue weighted by atomic mass is 9.46. The van der Waals surface area contributed by atoms with E-state index in [1.807, 2.05) is 0 Å². The number of carboxylic acid groups (broad SMARTS) is 1. The van der Waals surface area contributed by atoms with Gasteiger partial charge in [-0.25, -0.2) is 4.79 Å². The average Bonchev–Trinajstić information content (AvgIpc) is 3.26. The van der Waals surface area contributed by atoms with E-state index in [0.717, 1.165) is 50.3 Å². The number of carboxylic acids is 1. The Kier molecular flexibility index (Phi) is 8.35. The third-order valence-electron chi connectivity index (χ3n) is 11.1. The van der Waals surface area contributed by atoms with Gasteiger partial charge in [-0.05, 0) is 98.3 Å². The minimum absolute atomic E-state index is 0.0233. The van der Waals surface area contributed by atoms with Gasteiger partial charge in [-0.1, -0.05) is 42.6 Å². The molecule has 1 amide bonds. The number of aliphatic hydroxyl groups is 2. The van der Waals surface area contributed by atoms with Gasteiger partial charge in [0.1, 0.15) is 11.7 Å². The first-order valence-corrected chi connectivity index (χ1v) is 14.9. The van der Waals surface area contributed by atoms with Gasteiger partial charge in [0.2, 0.25) is 0 Å². The van der Waals surface area contributed by atoms with Gasteiger partial charge in [0, 0.05) is 5.41 Å². The Morgan fingerprint density at radius 1 is 1.21 bits per heavy atom. The predicted molar refractivity (Wildman–Crippen MR) is 157 cm³/mol. The standard InChI is InChI=1S/C32H40N3O8/c1-4-32(40)15-12-25-23-9-8-20-17-21(10-13-30(20,2)24(23)11-14-31(25,32)3)34-43-18-26(36)33-27(29(38)39)28(37)19-6-5-7-22(16-19)35(41)42/h1,5-7,16-17,23-25,27-28,37,40-41H,8-15,18H2,2-3H3,(H,33,36)(H,38,39)/q-1/t23-,24-,25+,27+,28-,30-,31+,32-/m0/s1. The van der Waals surface area contributed by atoms with Crippen molar-refractivity contribution in [2.45, 2.75) is 83.0 Å².